The minimum absolute atomic E-state index is 0.0359. The van der Waals surface area contributed by atoms with Crippen LogP contribution in [-0.2, 0) is 26.4 Å². The van der Waals surface area contributed by atoms with Gasteiger partial charge in [-0.15, -0.1) is 10.2 Å². The van der Waals surface area contributed by atoms with Crippen molar-refractivity contribution in [2.24, 2.45) is 14.1 Å². The minimum atomic E-state index is 0.0359. The van der Waals surface area contributed by atoms with Gasteiger partial charge in [0.2, 0.25) is 0 Å². The Labute approximate surface area is 138 Å². The van der Waals surface area contributed by atoms with E-state index in [-0.39, 0.29) is 5.56 Å². The minimum Gasteiger partial charge on any atom is -0.313 e. The van der Waals surface area contributed by atoms with Gasteiger partial charge in [-0.05, 0) is 24.6 Å². The highest BCUT2D eigenvalue weighted by atomic mass is 32.2. The first-order valence-electron chi connectivity index (χ1n) is 7.35. The average Bonchev–Trinajstić information content (AvgIpc) is 2.90. The van der Waals surface area contributed by atoms with Crippen LogP contribution >= 0.6 is 11.8 Å². The van der Waals surface area contributed by atoms with E-state index >= 15 is 0 Å². The van der Waals surface area contributed by atoms with Gasteiger partial charge in [-0.25, -0.2) is 0 Å². The molecule has 0 aliphatic carbocycles. The molecule has 0 aliphatic rings. The van der Waals surface area contributed by atoms with Crippen molar-refractivity contribution in [1.29, 1.82) is 0 Å². The van der Waals surface area contributed by atoms with Crippen molar-refractivity contribution in [1.82, 2.24) is 24.6 Å². The number of hydrogen-bond donors (Lipinski definition) is 1. The van der Waals surface area contributed by atoms with Gasteiger partial charge in [-0.1, -0.05) is 30.0 Å². The van der Waals surface area contributed by atoms with E-state index in [9.17, 15) is 4.79 Å². The number of benzene rings is 1. The Morgan fingerprint density at radius 2 is 1.96 bits per heavy atom. The number of pyridine rings is 1. The highest BCUT2D eigenvalue weighted by Crippen LogP contribution is 2.21. The summed E-state index contributed by atoms with van der Waals surface area (Å²) in [6.45, 7) is 0.668. The van der Waals surface area contributed by atoms with Crippen LogP contribution in [0.2, 0.25) is 0 Å². The van der Waals surface area contributed by atoms with E-state index in [0.717, 1.165) is 27.4 Å². The summed E-state index contributed by atoms with van der Waals surface area (Å²) >= 11 is 1.53. The molecule has 1 N–H and O–H groups in total. The van der Waals surface area contributed by atoms with Crippen molar-refractivity contribution >= 4 is 22.7 Å². The fourth-order valence-electron chi connectivity index (χ4n) is 2.52. The van der Waals surface area contributed by atoms with Crippen LogP contribution in [0.4, 0.5) is 0 Å². The van der Waals surface area contributed by atoms with E-state index in [4.69, 9.17) is 0 Å². The van der Waals surface area contributed by atoms with Crippen molar-refractivity contribution in [3.05, 3.63) is 52.1 Å². The van der Waals surface area contributed by atoms with Crippen LogP contribution in [0.3, 0.4) is 0 Å². The van der Waals surface area contributed by atoms with E-state index in [1.807, 2.05) is 56.0 Å². The molecule has 0 aliphatic heterocycles. The van der Waals surface area contributed by atoms with Gasteiger partial charge in [-0.2, -0.15) is 0 Å². The zero-order valence-electron chi connectivity index (χ0n) is 13.4. The fourth-order valence-corrected chi connectivity index (χ4v) is 3.41. The molecule has 0 saturated carbocycles. The molecule has 1 aromatic carbocycles. The van der Waals surface area contributed by atoms with Crippen molar-refractivity contribution in [3.63, 3.8) is 0 Å². The third-order valence-corrected chi connectivity index (χ3v) is 4.89. The van der Waals surface area contributed by atoms with E-state index in [2.05, 4.69) is 15.5 Å². The molecule has 7 heteroatoms. The lowest BCUT2D eigenvalue weighted by molar-refractivity contribution is 0.682. The number of aryl methyl sites for hydroxylation is 1. The smallest absolute Gasteiger partial charge is 0.254 e. The molecule has 6 nitrogen and oxygen atoms in total. The lowest BCUT2D eigenvalue weighted by Gasteiger charge is -2.08. The Hall–Kier alpha value is -2.12. The van der Waals surface area contributed by atoms with Crippen LogP contribution in [0.1, 0.15) is 11.4 Å². The molecule has 0 bridgehead atoms. The zero-order chi connectivity index (χ0) is 16.4. The molecule has 3 rings (SSSR count). The van der Waals surface area contributed by atoms with Gasteiger partial charge in [0.25, 0.3) is 5.56 Å². The van der Waals surface area contributed by atoms with Gasteiger partial charge in [0.15, 0.2) is 5.16 Å². The highest BCUT2D eigenvalue weighted by molar-refractivity contribution is 7.98. The Bertz CT molecular complexity index is 899. The van der Waals surface area contributed by atoms with Crippen LogP contribution in [0.5, 0.6) is 0 Å². The largest absolute Gasteiger partial charge is 0.313 e. The number of rotatable bonds is 5. The molecule has 0 radical (unpaired) electrons. The predicted octanol–water partition coefficient (Wildman–Crippen LogP) is 1.68. The topological polar surface area (TPSA) is 64.7 Å². The maximum Gasteiger partial charge on any atom is 0.254 e. The Balaban J connectivity index is 1.88. The Kier molecular flexibility index (Phi) is 4.49. The van der Waals surface area contributed by atoms with Crippen molar-refractivity contribution < 1.29 is 0 Å². The second kappa shape index (κ2) is 6.55. The van der Waals surface area contributed by atoms with Gasteiger partial charge in [0, 0.05) is 25.4 Å². The summed E-state index contributed by atoms with van der Waals surface area (Å²) in [7, 11) is 5.62. The SMILES string of the molecule is CNCc1nnc(SCc2cc3ccccc3n(C)c2=O)n1C. The summed E-state index contributed by atoms with van der Waals surface area (Å²) in [4.78, 5) is 12.5. The van der Waals surface area contributed by atoms with Gasteiger partial charge < -0.3 is 14.5 Å². The number of fused-ring (bicyclic) bond motifs is 1. The first-order valence-corrected chi connectivity index (χ1v) is 8.33. The number of nitrogens with one attached hydrogen (secondary N) is 1. The molecule has 2 aromatic heterocycles. The molecule has 0 saturated heterocycles. The van der Waals surface area contributed by atoms with E-state index in [1.54, 1.807) is 4.57 Å². The molecule has 3 aromatic rings. The number of nitrogens with zero attached hydrogens (tertiary/aromatic N) is 4. The molecule has 120 valence electrons. The molecule has 0 fully saturated rings. The van der Waals surface area contributed by atoms with Crippen LogP contribution in [0, 0.1) is 0 Å². The van der Waals surface area contributed by atoms with Gasteiger partial charge >= 0.3 is 0 Å². The average molecular weight is 329 g/mol. The number of thioether (sulfide) groups is 1. The summed E-state index contributed by atoms with van der Waals surface area (Å²) in [6.07, 6.45) is 0. The van der Waals surface area contributed by atoms with Gasteiger partial charge in [0.1, 0.15) is 5.82 Å². The number of aromatic nitrogens is 4. The van der Waals surface area contributed by atoms with Gasteiger partial charge in [0.05, 0.1) is 12.1 Å². The lowest BCUT2D eigenvalue weighted by Crippen LogP contribution is -2.20. The predicted molar refractivity (Wildman–Crippen MR) is 92.5 cm³/mol. The summed E-state index contributed by atoms with van der Waals surface area (Å²) in [6, 6.07) is 9.88. The van der Waals surface area contributed by atoms with Crippen molar-refractivity contribution in [2.75, 3.05) is 7.05 Å². The molecular weight excluding hydrogens is 310 g/mol. The molecule has 2 heterocycles. The standard InChI is InChI=1S/C16H19N5OS/c1-17-9-14-18-19-16(21(14)3)23-10-12-8-11-6-4-5-7-13(11)20(2)15(12)22/h4-8,17H,9-10H2,1-3H3. The van der Waals surface area contributed by atoms with Crippen molar-refractivity contribution in [3.8, 4) is 0 Å². The first-order chi connectivity index (χ1) is 11.1. The normalized spacial score (nSPS) is 11.3. The molecule has 0 amide bonds. The monoisotopic (exact) mass is 329 g/mol. The molecular formula is C16H19N5OS. The zero-order valence-corrected chi connectivity index (χ0v) is 14.2. The maximum absolute atomic E-state index is 12.5. The molecule has 0 spiro atoms. The van der Waals surface area contributed by atoms with E-state index in [0.29, 0.717) is 12.3 Å². The van der Waals surface area contributed by atoms with Gasteiger partial charge in [-0.3, -0.25) is 4.79 Å². The molecule has 0 atom stereocenters. The third kappa shape index (κ3) is 3.02. The Morgan fingerprint density at radius 1 is 1.17 bits per heavy atom. The lowest BCUT2D eigenvalue weighted by atomic mass is 10.1. The second-order valence-corrected chi connectivity index (χ2v) is 6.31. The Morgan fingerprint density at radius 3 is 2.74 bits per heavy atom. The van der Waals surface area contributed by atoms with Crippen LogP contribution in [0.25, 0.3) is 10.9 Å². The maximum atomic E-state index is 12.5. The van der Waals surface area contributed by atoms with E-state index < -0.39 is 0 Å². The van der Waals surface area contributed by atoms with Crippen LogP contribution in [0.15, 0.2) is 40.3 Å². The van der Waals surface area contributed by atoms with E-state index in [1.165, 1.54) is 11.8 Å². The third-order valence-electron chi connectivity index (χ3n) is 3.82. The molecule has 23 heavy (non-hydrogen) atoms. The van der Waals surface area contributed by atoms with Crippen molar-refractivity contribution in [2.45, 2.75) is 17.5 Å². The quantitative estimate of drug-likeness (QED) is 0.722. The van der Waals surface area contributed by atoms with Crippen LogP contribution < -0.4 is 10.9 Å². The number of hydrogen-bond acceptors (Lipinski definition) is 5. The second-order valence-electron chi connectivity index (χ2n) is 5.37. The highest BCUT2D eigenvalue weighted by Gasteiger charge is 2.11. The fraction of sp³-hybridized carbons (Fsp3) is 0.312. The molecule has 0 unspecified atom stereocenters. The first kappa shape index (κ1) is 15.8. The summed E-state index contributed by atoms with van der Waals surface area (Å²) in [5.41, 5.74) is 1.75. The summed E-state index contributed by atoms with van der Waals surface area (Å²) < 4.78 is 3.65. The summed E-state index contributed by atoms with van der Waals surface area (Å²) in [5, 5.41) is 13.3. The summed E-state index contributed by atoms with van der Waals surface area (Å²) in [5.74, 6) is 1.45. The number of para-hydroxylation sites is 1. The van der Waals surface area contributed by atoms with Crippen LogP contribution in [-0.4, -0.2) is 26.4 Å².